The van der Waals surface area contributed by atoms with Crippen molar-refractivity contribution in [2.45, 2.75) is 77.5 Å². The molecule has 1 aromatic carbocycles. The van der Waals surface area contributed by atoms with Crippen LogP contribution in [0.5, 0.6) is 5.75 Å². The number of halogens is 1. The lowest BCUT2D eigenvalue weighted by molar-refractivity contribution is -0.140. The van der Waals surface area contributed by atoms with E-state index in [4.69, 9.17) is 27.5 Å². The van der Waals surface area contributed by atoms with E-state index in [2.05, 4.69) is 10.3 Å². The number of hydrogen-bond donors (Lipinski definition) is 3. The molecule has 0 radical (unpaired) electrons. The maximum absolute atomic E-state index is 14.1. The number of likely N-dealkylation sites (tertiary alicyclic amines) is 2. The van der Waals surface area contributed by atoms with Crippen LogP contribution in [-0.4, -0.2) is 68.8 Å². The second-order valence-electron chi connectivity index (χ2n) is 11.0. The van der Waals surface area contributed by atoms with Crippen molar-refractivity contribution in [1.82, 2.24) is 20.1 Å². The SMILES string of the molecule is CC(=N)/C=C(/Oc1ccc(C(=O)N[C@H](C)C(=O)N2C(c3cccc(Cl)c3)CCC2[C@H](C)N2CCCC2=O)nc1C)C(N)=O. The maximum Gasteiger partial charge on any atom is 0.284 e. The number of carbonyl (C=O) groups is 4. The summed E-state index contributed by atoms with van der Waals surface area (Å²) in [6.45, 7) is 7.35. The number of carbonyl (C=O) groups excluding carboxylic acids is 4. The molecule has 2 unspecified atom stereocenters. The van der Waals surface area contributed by atoms with E-state index < -0.39 is 17.9 Å². The van der Waals surface area contributed by atoms with Crippen LogP contribution in [-0.2, 0) is 14.4 Å². The van der Waals surface area contributed by atoms with E-state index in [1.165, 1.54) is 25.1 Å². The number of nitrogens with one attached hydrogen (secondary N) is 2. The molecule has 4 amide bonds. The van der Waals surface area contributed by atoms with Gasteiger partial charge < -0.3 is 31.0 Å². The van der Waals surface area contributed by atoms with Gasteiger partial charge in [0.05, 0.1) is 17.8 Å². The molecule has 4 rings (SSSR count). The van der Waals surface area contributed by atoms with Crippen molar-refractivity contribution in [3.8, 4) is 5.75 Å². The van der Waals surface area contributed by atoms with Gasteiger partial charge in [0, 0.05) is 35.8 Å². The molecule has 2 aliphatic rings. The van der Waals surface area contributed by atoms with Crippen LogP contribution in [0.25, 0.3) is 0 Å². The zero-order chi connectivity index (χ0) is 31.4. The van der Waals surface area contributed by atoms with E-state index in [-0.39, 0.29) is 52.9 Å². The van der Waals surface area contributed by atoms with E-state index in [0.29, 0.717) is 36.5 Å². The Morgan fingerprint density at radius 3 is 2.56 bits per heavy atom. The van der Waals surface area contributed by atoms with Crippen LogP contribution in [0.2, 0.25) is 5.02 Å². The number of ether oxygens (including phenoxy) is 1. The molecule has 0 bridgehead atoms. The topological polar surface area (TPSA) is 159 Å². The van der Waals surface area contributed by atoms with Crippen LogP contribution in [0, 0.1) is 12.3 Å². The van der Waals surface area contributed by atoms with E-state index in [1.54, 1.807) is 19.9 Å². The Bertz CT molecular complexity index is 1480. The molecule has 2 aromatic rings. The standard InChI is InChI=1S/C31H37ClN6O5/c1-17(33)15-27(29(34)40)43-26-13-10-23(35-18(26)2)30(41)36-19(3)31(42)38-24(20(4)37-14-6-9-28(37)39)11-12-25(38)21-7-5-8-22(32)16-21/h5,7-8,10,13,15-16,19-20,24-25,33H,6,9,11-12,14H2,1-4H3,(H2,34,40)(H,36,41)/b27-15+,33-17?/t19-,20+,24?,25?/m1/s1. The summed E-state index contributed by atoms with van der Waals surface area (Å²) in [6, 6.07) is 8.74. The van der Waals surface area contributed by atoms with E-state index in [0.717, 1.165) is 12.0 Å². The van der Waals surface area contributed by atoms with Crippen molar-refractivity contribution in [2.24, 2.45) is 5.73 Å². The number of aromatic nitrogens is 1. The summed E-state index contributed by atoms with van der Waals surface area (Å²) < 4.78 is 5.54. The Labute approximate surface area is 255 Å². The molecule has 43 heavy (non-hydrogen) atoms. The van der Waals surface area contributed by atoms with Crippen molar-refractivity contribution in [2.75, 3.05) is 6.54 Å². The fourth-order valence-electron chi connectivity index (χ4n) is 5.78. The highest BCUT2D eigenvalue weighted by atomic mass is 35.5. The first kappa shape index (κ1) is 31.7. The highest BCUT2D eigenvalue weighted by Gasteiger charge is 2.44. The zero-order valence-corrected chi connectivity index (χ0v) is 25.5. The Kier molecular flexibility index (Phi) is 9.85. The van der Waals surface area contributed by atoms with Crippen LogP contribution in [0.3, 0.4) is 0 Å². The van der Waals surface area contributed by atoms with Gasteiger partial charge >= 0.3 is 0 Å². The number of allylic oxidation sites excluding steroid dienone is 1. The minimum absolute atomic E-state index is 0.0535. The normalized spacial score (nSPS) is 20.1. The Balaban J connectivity index is 1.54. The van der Waals surface area contributed by atoms with Gasteiger partial charge in [-0.25, -0.2) is 4.98 Å². The third-order valence-electron chi connectivity index (χ3n) is 7.87. The second-order valence-corrected chi connectivity index (χ2v) is 11.5. The summed E-state index contributed by atoms with van der Waals surface area (Å²) in [5, 5.41) is 10.9. The van der Waals surface area contributed by atoms with Gasteiger partial charge in [-0.15, -0.1) is 0 Å². The minimum Gasteiger partial charge on any atom is -0.450 e. The molecule has 0 saturated carbocycles. The van der Waals surface area contributed by atoms with Crippen LogP contribution in [0.15, 0.2) is 48.2 Å². The highest BCUT2D eigenvalue weighted by molar-refractivity contribution is 6.30. The first-order chi connectivity index (χ1) is 20.4. The largest absolute Gasteiger partial charge is 0.450 e. The molecule has 0 aliphatic carbocycles. The fourth-order valence-corrected chi connectivity index (χ4v) is 5.98. The number of primary amides is 1. The van der Waals surface area contributed by atoms with Crippen molar-refractivity contribution in [3.63, 3.8) is 0 Å². The summed E-state index contributed by atoms with van der Waals surface area (Å²) in [5.74, 6) is -1.62. The van der Waals surface area contributed by atoms with Gasteiger partial charge in [0.15, 0.2) is 5.76 Å². The second kappa shape index (κ2) is 13.4. The van der Waals surface area contributed by atoms with Gasteiger partial charge in [-0.1, -0.05) is 23.7 Å². The number of nitrogens with zero attached hydrogens (tertiary/aromatic N) is 3. The number of pyridine rings is 1. The number of amides is 4. The summed E-state index contributed by atoms with van der Waals surface area (Å²) in [6.07, 6.45) is 3.90. The lowest BCUT2D eigenvalue weighted by Crippen LogP contribution is -2.55. The predicted molar refractivity (Wildman–Crippen MR) is 162 cm³/mol. The van der Waals surface area contributed by atoms with Crippen LogP contribution < -0.4 is 15.8 Å². The van der Waals surface area contributed by atoms with Gasteiger partial charge in [0.25, 0.3) is 11.8 Å². The predicted octanol–water partition coefficient (Wildman–Crippen LogP) is 3.69. The Morgan fingerprint density at radius 1 is 1.21 bits per heavy atom. The third kappa shape index (κ3) is 7.22. The lowest BCUT2D eigenvalue weighted by atomic mass is 10.0. The number of rotatable bonds is 10. The summed E-state index contributed by atoms with van der Waals surface area (Å²) in [5.41, 5.74) is 6.69. The maximum atomic E-state index is 14.1. The van der Waals surface area contributed by atoms with E-state index in [1.807, 2.05) is 34.9 Å². The number of benzene rings is 1. The van der Waals surface area contributed by atoms with Crippen LogP contribution in [0.4, 0.5) is 0 Å². The fraction of sp³-hybridized carbons (Fsp3) is 0.419. The molecule has 2 fully saturated rings. The molecule has 4 N–H and O–H groups in total. The minimum atomic E-state index is -0.894. The molecule has 12 heteroatoms. The molecular weight excluding hydrogens is 572 g/mol. The molecule has 4 atom stereocenters. The molecule has 228 valence electrons. The van der Waals surface area contributed by atoms with Crippen molar-refractivity contribution in [1.29, 1.82) is 5.41 Å². The number of hydrogen-bond acceptors (Lipinski definition) is 7. The Hall–Kier alpha value is -4.25. The summed E-state index contributed by atoms with van der Waals surface area (Å²) in [4.78, 5) is 59.5. The molecule has 1 aromatic heterocycles. The smallest absolute Gasteiger partial charge is 0.284 e. The molecule has 0 spiro atoms. The van der Waals surface area contributed by atoms with E-state index in [9.17, 15) is 19.2 Å². The van der Waals surface area contributed by atoms with Crippen molar-refractivity contribution < 1.29 is 23.9 Å². The van der Waals surface area contributed by atoms with E-state index >= 15 is 0 Å². The third-order valence-corrected chi connectivity index (χ3v) is 8.11. The highest BCUT2D eigenvalue weighted by Crippen LogP contribution is 2.40. The molecular formula is C31H37ClN6O5. The summed E-state index contributed by atoms with van der Waals surface area (Å²) in [7, 11) is 0. The molecule has 2 saturated heterocycles. The van der Waals surface area contributed by atoms with Gasteiger partial charge in [-0.2, -0.15) is 0 Å². The van der Waals surface area contributed by atoms with Gasteiger partial charge in [-0.3, -0.25) is 19.2 Å². The quantitative estimate of drug-likeness (QED) is 0.212. The van der Waals surface area contributed by atoms with Crippen molar-refractivity contribution >= 4 is 40.9 Å². The molecule has 3 heterocycles. The summed E-state index contributed by atoms with van der Waals surface area (Å²) >= 11 is 6.30. The van der Waals surface area contributed by atoms with Gasteiger partial charge in [-0.05, 0) is 76.8 Å². The molecule has 11 nitrogen and oxygen atoms in total. The monoisotopic (exact) mass is 608 g/mol. The van der Waals surface area contributed by atoms with Crippen LogP contribution in [0.1, 0.15) is 74.2 Å². The number of aryl methyl sites for hydroxylation is 1. The van der Waals surface area contributed by atoms with Gasteiger partial charge in [0.2, 0.25) is 11.8 Å². The number of nitrogens with two attached hydrogens (primary N) is 1. The van der Waals surface area contributed by atoms with Gasteiger partial charge in [0.1, 0.15) is 17.5 Å². The average Bonchev–Trinajstić information content (AvgIpc) is 3.59. The van der Waals surface area contributed by atoms with Crippen molar-refractivity contribution in [3.05, 3.63) is 70.2 Å². The molecule has 2 aliphatic heterocycles. The Morgan fingerprint density at radius 2 is 1.95 bits per heavy atom. The zero-order valence-electron chi connectivity index (χ0n) is 24.7. The van der Waals surface area contributed by atoms with Crippen LogP contribution >= 0.6 is 11.6 Å². The lowest BCUT2D eigenvalue weighted by Gasteiger charge is -2.39. The average molecular weight is 609 g/mol. The first-order valence-electron chi connectivity index (χ1n) is 14.3. The first-order valence-corrected chi connectivity index (χ1v) is 14.6.